The Morgan fingerprint density at radius 1 is 0.755 bits per heavy atom. The molecule has 0 spiro atoms. The molecule has 2 aliphatic carbocycles. The van der Waals surface area contributed by atoms with Crippen LogP contribution in [0.25, 0.3) is 0 Å². The summed E-state index contributed by atoms with van der Waals surface area (Å²) in [4.78, 5) is 44.9. The molecule has 1 saturated carbocycles. The molecule has 0 unspecified atom stereocenters. The Kier molecular flexibility index (Phi) is 23.9. The van der Waals surface area contributed by atoms with Crippen molar-refractivity contribution in [3.05, 3.63) is 60.8 Å². The number of ketones is 2. The molecule has 1 fully saturated rings. The van der Waals surface area contributed by atoms with E-state index in [2.05, 4.69) is 13.8 Å². The average molecular weight is 687 g/mol. The number of aliphatic hydroxyl groups excluding tert-OH is 3. The molecule has 0 aromatic rings. The molecule has 0 bridgehead atoms. The lowest BCUT2D eigenvalue weighted by molar-refractivity contribution is -0.138. The molecule has 0 amide bonds. The minimum absolute atomic E-state index is 0.0220. The summed E-state index contributed by atoms with van der Waals surface area (Å²) in [6.07, 6.45) is 29.1. The van der Waals surface area contributed by atoms with Crippen LogP contribution in [0.2, 0.25) is 0 Å². The first kappa shape index (κ1) is 43.9. The second kappa shape index (κ2) is 26.7. The van der Waals surface area contributed by atoms with Crippen molar-refractivity contribution in [3.63, 3.8) is 0 Å². The monoisotopic (exact) mass is 686 g/mol. The first-order valence-corrected chi connectivity index (χ1v) is 18.4. The molecule has 9 heteroatoms. The lowest BCUT2D eigenvalue weighted by Gasteiger charge is -2.17. The van der Waals surface area contributed by atoms with Crippen molar-refractivity contribution in [2.75, 3.05) is 0 Å². The third-order valence-corrected chi connectivity index (χ3v) is 9.00. The van der Waals surface area contributed by atoms with Gasteiger partial charge in [0.15, 0.2) is 5.78 Å². The van der Waals surface area contributed by atoms with Crippen molar-refractivity contribution < 1.29 is 44.7 Å². The van der Waals surface area contributed by atoms with E-state index in [0.29, 0.717) is 32.1 Å². The second-order valence-electron chi connectivity index (χ2n) is 13.3. The molecule has 0 saturated heterocycles. The van der Waals surface area contributed by atoms with E-state index in [-0.39, 0.29) is 54.5 Å². The van der Waals surface area contributed by atoms with Crippen LogP contribution in [0.1, 0.15) is 123 Å². The number of rotatable bonds is 24. The van der Waals surface area contributed by atoms with Gasteiger partial charge in [0.2, 0.25) is 0 Å². The van der Waals surface area contributed by atoms with Crippen molar-refractivity contribution in [1.29, 1.82) is 0 Å². The Morgan fingerprint density at radius 2 is 1.27 bits per heavy atom. The van der Waals surface area contributed by atoms with Crippen molar-refractivity contribution in [1.82, 2.24) is 0 Å². The van der Waals surface area contributed by atoms with Gasteiger partial charge in [-0.1, -0.05) is 107 Å². The van der Waals surface area contributed by atoms with Crippen molar-refractivity contribution in [3.8, 4) is 0 Å². The quantitative estimate of drug-likeness (QED) is 0.0516. The number of aliphatic carboxylic acids is 2. The highest BCUT2D eigenvalue weighted by atomic mass is 16.4. The number of carbonyl (C=O) groups excluding carboxylic acids is 2. The number of aliphatic hydroxyl groups is 3. The second-order valence-corrected chi connectivity index (χ2v) is 13.3. The van der Waals surface area contributed by atoms with E-state index in [0.717, 1.165) is 57.8 Å². The summed E-state index contributed by atoms with van der Waals surface area (Å²) in [5.74, 6) is -2.02. The third-order valence-electron chi connectivity index (χ3n) is 9.00. The van der Waals surface area contributed by atoms with Crippen molar-refractivity contribution in [2.45, 2.75) is 141 Å². The molecule has 0 radical (unpaired) electrons. The maximum absolute atomic E-state index is 12.1. The van der Waals surface area contributed by atoms with E-state index in [1.165, 1.54) is 0 Å². The van der Waals surface area contributed by atoms with Crippen LogP contribution in [0.15, 0.2) is 60.8 Å². The summed E-state index contributed by atoms with van der Waals surface area (Å²) in [6.45, 7) is 4.24. The Hall–Kier alpha value is -3.14. The zero-order chi connectivity index (χ0) is 36.4. The van der Waals surface area contributed by atoms with E-state index in [4.69, 9.17) is 10.2 Å². The normalized spacial score (nSPS) is 23.7. The van der Waals surface area contributed by atoms with Gasteiger partial charge in [-0.2, -0.15) is 0 Å². The van der Waals surface area contributed by atoms with Crippen LogP contribution >= 0.6 is 0 Å². The van der Waals surface area contributed by atoms with Gasteiger partial charge in [0.1, 0.15) is 5.78 Å². The molecule has 0 aliphatic heterocycles. The van der Waals surface area contributed by atoms with E-state index in [1.807, 2.05) is 36.5 Å². The van der Waals surface area contributed by atoms with Gasteiger partial charge in [0, 0.05) is 37.0 Å². The Bertz CT molecular complexity index is 1120. The SMILES string of the molecule is CCCCC[C@H](O)/C=C/[C@H]1C(=O)C=C[C@@H]1C/C=C\CCCC(=O)O.CCCCC[C@H](O)/C=C/[C@H]1C(=O)C[C@H](O)[C@@H]1C/C=C\CCCC(=O)O. The number of carboxylic acid groups (broad SMARTS) is 2. The van der Waals surface area contributed by atoms with Gasteiger partial charge in [0.25, 0.3) is 0 Å². The number of allylic oxidation sites excluding steroid dienone is 8. The molecule has 0 aromatic carbocycles. The highest BCUT2D eigenvalue weighted by Crippen LogP contribution is 2.33. The largest absolute Gasteiger partial charge is 0.481 e. The summed E-state index contributed by atoms with van der Waals surface area (Å²) < 4.78 is 0. The number of Topliss-reactive ketones (excluding diaryl/α,β-unsaturated/α-hetero) is 1. The molecule has 0 heterocycles. The molecule has 276 valence electrons. The number of carbonyl (C=O) groups is 4. The fourth-order valence-corrected chi connectivity index (χ4v) is 6.03. The van der Waals surface area contributed by atoms with Gasteiger partial charge in [0.05, 0.1) is 18.3 Å². The van der Waals surface area contributed by atoms with Crippen LogP contribution in [-0.4, -0.2) is 67.3 Å². The minimum atomic E-state index is -0.798. The number of unbranched alkanes of at least 4 members (excludes halogenated alkanes) is 6. The maximum atomic E-state index is 12.1. The summed E-state index contributed by atoms with van der Waals surface area (Å²) in [5, 5.41) is 47.2. The van der Waals surface area contributed by atoms with Crippen LogP contribution in [-0.2, 0) is 19.2 Å². The number of hydrogen-bond donors (Lipinski definition) is 5. The average Bonchev–Trinajstić information content (AvgIpc) is 3.54. The molecule has 5 N–H and O–H groups in total. The molecule has 2 rings (SSSR count). The van der Waals surface area contributed by atoms with Gasteiger partial charge in [-0.15, -0.1) is 0 Å². The molecule has 0 aromatic heterocycles. The van der Waals surface area contributed by atoms with Gasteiger partial charge in [-0.25, -0.2) is 0 Å². The van der Waals surface area contributed by atoms with Crippen molar-refractivity contribution in [2.24, 2.45) is 23.7 Å². The standard InChI is InChI=1S/C20H32O5.C20H30O4/c1-2-3-6-9-15(21)12-13-17-16(18(22)14-19(17)23)10-7-4-5-8-11-20(24)25;1-2-3-6-10-17(21)13-14-18-16(12-15-19(18)22)9-7-4-5-8-11-20(23)24/h4,7,12-13,15-18,21-22H,2-3,5-6,8-11,14H2,1H3,(H,24,25);4,7,12-18,21H,2-3,5-6,8-11H2,1H3,(H,23,24)/b7-4-,13-12+;7-4-,14-13+/t15-,16+,17+,18-;16-,17-,18+/m00/s1. The predicted molar refractivity (Wildman–Crippen MR) is 193 cm³/mol. The smallest absolute Gasteiger partial charge is 0.303 e. The van der Waals surface area contributed by atoms with Gasteiger partial charge in [-0.05, 0) is 63.4 Å². The fraction of sp³-hybridized carbons (Fsp3) is 0.650. The highest BCUT2D eigenvalue weighted by molar-refractivity contribution is 5.95. The van der Waals surface area contributed by atoms with E-state index in [9.17, 15) is 34.5 Å². The number of hydrogen-bond acceptors (Lipinski definition) is 7. The summed E-state index contributed by atoms with van der Waals surface area (Å²) in [6, 6.07) is 0. The number of carboxylic acids is 2. The maximum Gasteiger partial charge on any atom is 0.303 e. The summed E-state index contributed by atoms with van der Waals surface area (Å²) in [7, 11) is 0. The topological polar surface area (TPSA) is 169 Å². The van der Waals surface area contributed by atoms with Gasteiger partial charge >= 0.3 is 11.9 Å². The molecular weight excluding hydrogens is 624 g/mol. The summed E-state index contributed by atoms with van der Waals surface area (Å²) in [5.41, 5.74) is 0. The van der Waals surface area contributed by atoms with Crippen LogP contribution < -0.4 is 0 Å². The molecule has 9 nitrogen and oxygen atoms in total. The fourth-order valence-electron chi connectivity index (χ4n) is 6.03. The van der Waals surface area contributed by atoms with Gasteiger partial charge < -0.3 is 25.5 Å². The van der Waals surface area contributed by atoms with Crippen LogP contribution in [0, 0.1) is 23.7 Å². The first-order chi connectivity index (χ1) is 23.5. The molecule has 2 aliphatic rings. The third kappa shape index (κ3) is 20.2. The Labute approximate surface area is 293 Å². The zero-order valence-corrected chi connectivity index (χ0v) is 29.7. The Balaban J connectivity index is 0.000000490. The first-order valence-electron chi connectivity index (χ1n) is 18.4. The summed E-state index contributed by atoms with van der Waals surface area (Å²) >= 11 is 0. The lowest BCUT2D eigenvalue weighted by Crippen LogP contribution is -2.19. The lowest BCUT2D eigenvalue weighted by atomic mass is 9.90. The van der Waals surface area contributed by atoms with Crippen LogP contribution in [0.5, 0.6) is 0 Å². The van der Waals surface area contributed by atoms with E-state index >= 15 is 0 Å². The zero-order valence-electron chi connectivity index (χ0n) is 29.7. The highest BCUT2D eigenvalue weighted by Gasteiger charge is 2.39. The molecular formula is C40H62O9. The molecule has 49 heavy (non-hydrogen) atoms. The van der Waals surface area contributed by atoms with Gasteiger partial charge in [-0.3, -0.25) is 19.2 Å². The van der Waals surface area contributed by atoms with Crippen LogP contribution in [0.4, 0.5) is 0 Å². The van der Waals surface area contributed by atoms with Crippen molar-refractivity contribution >= 4 is 23.5 Å². The molecule has 7 atom stereocenters. The minimum Gasteiger partial charge on any atom is -0.481 e. The Morgan fingerprint density at radius 3 is 1.78 bits per heavy atom. The van der Waals surface area contributed by atoms with E-state index in [1.54, 1.807) is 24.3 Å². The van der Waals surface area contributed by atoms with E-state index < -0.39 is 30.3 Å². The predicted octanol–water partition coefficient (Wildman–Crippen LogP) is 7.31. The van der Waals surface area contributed by atoms with Crippen LogP contribution in [0.3, 0.4) is 0 Å².